The summed E-state index contributed by atoms with van der Waals surface area (Å²) in [5.74, 6) is 0.713. The van der Waals surface area contributed by atoms with Crippen molar-refractivity contribution >= 4 is 57.2 Å². The average Bonchev–Trinajstić information content (AvgIpc) is 3.71. The molecule has 13 nitrogen and oxygen atoms in total. The maximum Gasteiger partial charge on any atom is 0.374 e. The molecule has 7 aromatic rings. The molecule has 2 heterocycles. The van der Waals surface area contributed by atoms with E-state index in [9.17, 15) is 14.7 Å². The molecule has 0 bridgehead atoms. The minimum Gasteiger partial charge on any atom is -0.504 e. The van der Waals surface area contributed by atoms with Crippen LogP contribution in [0.25, 0.3) is 32.5 Å². The van der Waals surface area contributed by atoms with Crippen LogP contribution in [-0.4, -0.2) is 69.2 Å². The van der Waals surface area contributed by atoms with Gasteiger partial charge in [0, 0.05) is 18.1 Å². The molecule has 14 heteroatoms. The molecule has 0 aliphatic carbocycles. The van der Waals surface area contributed by atoms with Crippen molar-refractivity contribution in [1.82, 2.24) is 0 Å². The highest BCUT2D eigenvalue weighted by Gasteiger charge is 2.52. The van der Waals surface area contributed by atoms with Crippen molar-refractivity contribution in [1.29, 1.82) is 0 Å². The van der Waals surface area contributed by atoms with E-state index in [1.165, 1.54) is 41.6 Å². The van der Waals surface area contributed by atoms with E-state index in [1.807, 2.05) is 42.5 Å². The zero-order chi connectivity index (χ0) is 43.8. The van der Waals surface area contributed by atoms with Crippen LogP contribution in [0.2, 0.25) is 5.04 Å². The molecule has 0 saturated carbocycles. The third-order valence-electron chi connectivity index (χ3n) is 11.0. The molecular formula is C47H48O13Si. The number of hydrogen-bond acceptors (Lipinski definition) is 13. The fourth-order valence-electron chi connectivity index (χ4n) is 8.36. The Morgan fingerprint density at radius 1 is 0.672 bits per heavy atom. The summed E-state index contributed by atoms with van der Waals surface area (Å²) in [6.07, 6.45) is -0.955. The van der Waals surface area contributed by atoms with Gasteiger partial charge in [-0.3, -0.25) is 0 Å². The Morgan fingerprint density at radius 3 is 1.79 bits per heavy atom. The lowest BCUT2D eigenvalue weighted by Crippen LogP contribution is -2.67. The number of rotatable bonds is 14. The normalized spacial score (nSPS) is 12.4. The van der Waals surface area contributed by atoms with Gasteiger partial charge >= 0.3 is 11.6 Å². The molecule has 7 rings (SSSR count). The predicted octanol–water partition coefficient (Wildman–Crippen LogP) is 8.10. The van der Waals surface area contributed by atoms with Crippen molar-refractivity contribution in [2.75, 3.05) is 49.8 Å². The van der Waals surface area contributed by atoms with Crippen molar-refractivity contribution in [3.63, 3.8) is 0 Å². The van der Waals surface area contributed by atoms with Crippen molar-refractivity contribution in [3.05, 3.63) is 112 Å². The van der Waals surface area contributed by atoms with Gasteiger partial charge < -0.3 is 51.5 Å². The first-order chi connectivity index (χ1) is 29.3. The minimum absolute atomic E-state index is 0.0130. The lowest BCUT2D eigenvalue weighted by molar-refractivity contribution is 0.0560. The van der Waals surface area contributed by atoms with Crippen LogP contribution in [0.5, 0.6) is 40.2 Å². The maximum atomic E-state index is 13.3. The summed E-state index contributed by atoms with van der Waals surface area (Å²) in [6, 6.07) is 26.8. The lowest BCUT2D eigenvalue weighted by Gasteiger charge is -2.45. The molecule has 0 fully saturated rings. The number of hydrogen-bond donors (Lipinski definition) is 1. The van der Waals surface area contributed by atoms with Crippen LogP contribution in [0.15, 0.2) is 98.6 Å². The third-order valence-corrected chi connectivity index (χ3v) is 16.1. The molecule has 0 amide bonds. The Kier molecular flexibility index (Phi) is 11.7. The van der Waals surface area contributed by atoms with Crippen LogP contribution in [0.1, 0.15) is 48.8 Å². The molecule has 0 spiro atoms. The Hall–Kier alpha value is -6.64. The quantitative estimate of drug-likeness (QED) is 0.0829. The van der Waals surface area contributed by atoms with Crippen molar-refractivity contribution in [3.8, 4) is 40.2 Å². The van der Waals surface area contributed by atoms with E-state index >= 15 is 0 Å². The van der Waals surface area contributed by atoms with E-state index in [0.29, 0.717) is 61.8 Å². The molecule has 0 aliphatic heterocycles. The fourth-order valence-corrected chi connectivity index (χ4v) is 13.0. The first-order valence-corrected chi connectivity index (χ1v) is 21.3. The van der Waals surface area contributed by atoms with Gasteiger partial charge in [0.05, 0.1) is 65.9 Å². The molecule has 0 saturated heterocycles. The topological polar surface area (TPSA) is 154 Å². The highest BCUT2D eigenvalue weighted by atomic mass is 28.4. The van der Waals surface area contributed by atoms with Gasteiger partial charge in [0.15, 0.2) is 34.3 Å². The molecule has 0 radical (unpaired) electrons. The molecule has 1 N–H and O–H groups in total. The maximum absolute atomic E-state index is 13.3. The number of esters is 1. The smallest absolute Gasteiger partial charge is 0.374 e. The van der Waals surface area contributed by atoms with Gasteiger partial charge in [-0.25, -0.2) is 9.59 Å². The van der Waals surface area contributed by atoms with E-state index in [0.717, 1.165) is 10.4 Å². The number of methoxy groups -OCH3 is 7. The van der Waals surface area contributed by atoms with E-state index in [4.69, 9.17) is 46.4 Å². The van der Waals surface area contributed by atoms with Crippen LogP contribution in [0.3, 0.4) is 0 Å². The number of carbonyl (C=O) groups is 1. The van der Waals surface area contributed by atoms with Crippen LogP contribution in [-0.2, 0) is 15.6 Å². The summed E-state index contributed by atoms with van der Waals surface area (Å²) < 4.78 is 60.3. The summed E-state index contributed by atoms with van der Waals surface area (Å²) in [4.78, 5) is 25.9. The summed E-state index contributed by atoms with van der Waals surface area (Å²) in [6.45, 7) is 6.47. The molecule has 2 aromatic heterocycles. The van der Waals surface area contributed by atoms with Gasteiger partial charge in [-0.15, -0.1) is 0 Å². The fraction of sp³-hybridized carbons (Fsp3) is 0.277. The van der Waals surface area contributed by atoms with Crippen molar-refractivity contribution in [2.24, 2.45) is 0 Å². The Bertz CT molecular complexity index is 2770. The number of carbonyl (C=O) groups excluding carboxylic acids is 1. The summed E-state index contributed by atoms with van der Waals surface area (Å²) in [5, 5.41) is 15.3. The number of benzene rings is 5. The highest BCUT2D eigenvalue weighted by Crippen LogP contribution is 2.55. The first kappa shape index (κ1) is 42.5. The molecule has 1 atom stereocenters. The monoisotopic (exact) mass is 848 g/mol. The Balaban J connectivity index is 1.58. The molecule has 0 aliphatic rings. The zero-order valence-corrected chi connectivity index (χ0v) is 36.7. The van der Waals surface area contributed by atoms with Crippen molar-refractivity contribution in [2.45, 2.75) is 38.3 Å². The van der Waals surface area contributed by atoms with E-state index in [2.05, 4.69) is 45.0 Å². The molecule has 1 unspecified atom stereocenters. The van der Waals surface area contributed by atoms with E-state index < -0.39 is 31.1 Å². The zero-order valence-electron chi connectivity index (χ0n) is 35.7. The Morgan fingerprint density at radius 2 is 1.26 bits per heavy atom. The highest BCUT2D eigenvalue weighted by molar-refractivity contribution is 6.99. The number of phenolic OH excluding ortho intramolecular Hbond substituents is 1. The van der Waals surface area contributed by atoms with Crippen molar-refractivity contribution < 1.29 is 56.3 Å². The van der Waals surface area contributed by atoms with E-state index in [-0.39, 0.29) is 34.5 Å². The number of furan rings is 1. The second kappa shape index (κ2) is 16.8. The molecule has 5 aromatic carbocycles. The second-order valence-corrected chi connectivity index (χ2v) is 19.5. The van der Waals surface area contributed by atoms with Gasteiger partial charge in [-0.1, -0.05) is 81.4 Å². The largest absolute Gasteiger partial charge is 0.504 e. The van der Waals surface area contributed by atoms with Gasteiger partial charge in [0.2, 0.25) is 5.76 Å². The Labute approximate surface area is 353 Å². The SMILES string of the molecule is COC(=O)c1cc2cc(CC(O[Si](c3ccccc3)(c3ccccc3)C(C)(C)C)c3cc4c(OC)c5c(OC)cc(OC)c(OC)c5c(OC)c4o3)c(O)c(OC)c2c(=O)o1. The predicted molar refractivity (Wildman–Crippen MR) is 234 cm³/mol. The van der Waals surface area contributed by atoms with Crippen LogP contribution >= 0.6 is 0 Å². The van der Waals surface area contributed by atoms with Gasteiger partial charge in [0.25, 0.3) is 8.32 Å². The minimum atomic E-state index is -3.38. The van der Waals surface area contributed by atoms with Gasteiger partial charge in [0.1, 0.15) is 28.7 Å². The number of fused-ring (bicyclic) bond motifs is 3. The lowest BCUT2D eigenvalue weighted by atomic mass is 9.99. The van der Waals surface area contributed by atoms with Gasteiger partial charge in [-0.2, -0.15) is 0 Å². The first-order valence-electron chi connectivity index (χ1n) is 19.4. The number of phenols is 1. The van der Waals surface area contributed by atoms with E-state index in [1.54, 1.807) is 26.4 Å². The average molecular weight is 849 g/mol. The van der Waals surface area contributed by atoms with Crippen LogP contribution in [0.4, 0.5) is 0 Å². The second-order valence-electron chi connectivity index (χ2n) is 15.3. The number of aromatic hydroxyl groups is 1. The summed E-state index contributed by atoms with van der Waals surface area (Å²) in [5.41, 5.74) is -0.235. The molecule has 318 valence electrons. The van der Waals surface area contributed by atoms with Crippen LogP contribution in [0, 0.1) is 0 Å². The third kappa shape index (κ3) is 7.04. The summed E-state index contributed by atoms with van der Waals surface area (Å²) >= 11 is 0. The summed E-state index contributed by atoms with van der Waals surface area (Å²) in [7, 11) is 6.84. The molecule has 61 heavy (non-hydrogen) atoms. The molecular weight excluding hydrogens is 801 g/mol. The van der Waals surface area contributed by atoms with Gasteiger partial charge in [-0.05, 0) is 39.0 Å². The standard InChI is InChI=1S/C47H48O13Si/c1-47(2,3)61(28-17-13-11-14-18-28,29-19-15-12-16-20-29)60-32(23-27-21-26-22-35(45(49)57-10)59-46(50)36(26)43(55-8)39(27)48)31-24-30-40(53-6)37-33(51-4)25-34(52-5)42(54-7)38(37)44(56-9)41(30)58-31/h11-22,24-25,32,48H,23H2,1-10H3. The van der Waals surface area contributed by atoms with Crippen LogP contribution < -0.4 is 44.4 Å². The number of ether oxygens (including phenoxy) is 7.